The molecule has 0 fully saturated rings. The molecule has 2 aromatic carbocycles. The van der Waals surface area contributed by atoms with Crippen molar-refractivity contribution in [3.63, 3.8) is 0 Å². The zero-order valence-electron chi connectivity index (χ0n) is 14.9. The monoisotopic (exact) mass is 359 g/mol. The predicted octanol–water partition coefficient (Wildman–Crippen LogP) is 3.70. The minimum absolute atomic E-state index is 0.265. The van der Waals surface area contributed by atoms with Crippen molar-refractivity contribution in [2.75, 3.05) is 0 Å². The number of hydrogen-bond donors (Lipinski definition) is 2. The molecule has 0 aliphatic carbocycles. The van der Waals surface area contributed by atoms with Gasteiger partial charge in [0, 0.05) is 31.3 Å². The first kappa shape index (κ1) is 17.0. The van der Waals surface area contributed by atoms with Crippen molar-refractivity contribution in [1.82, 2.24) is 14.9 Å². The molecule has 2 N–H and O–H groups in total. The summed E-state index contributed by atoms with van der Waals surface area (Å²) in [4.78, 5) is 4.67. The van der Waals surface area contributed by atoms with Crippen molar-refractivity contribution < 1.29 is 9.84 Å². The van der Waals surface area contributed by atoms with E-state index in [1.54, 1.807) is 12.1 Å². The lowest BCUT2D eigenvalue weighted by atomic mass is 10.1. The van der Waals surface area contributed by atoms with E-state index in [0.29, 0.717) is 18.8 Å². The van der Waals surface area contributed by atoms with Gasteiger partial charge in [-0.1, -0.05) is 42.5 Å². The molecule has 1 aliphatic heterocycles. The van der Waals surface area contributed by atoms with Gasteiger partial charge in [0.15, 0.2) is 5.88 Å². The van der Waals surface area contributed by atoms with Gasteiger partial charge < -0.3 is 19.7 Å². The highest BCUT2D eigenvalue weighted by atomic mass is 16.5. The summed E-state index contributed by atoms with van der Waals surface area (Å²) in [6.07, 6.45) is 5.06. The Hall–Kier alpha value is -3.47. The number of phenols is 1. The van der Waals surface area contributed by atoms with Gasteiger partial charge in [0.05, 0.1) is 12.0 Å². The number of hydrogen-bond acceptors (Lipinski definition) is 4. The Labute approximate surface area is 158 Å². The van der Waals surface area contributed by atoms with Crippen LogP contribution in [0.5, 0.6) is 5.75 Å². The molecular formula is C22H21N3O2. The number of benzene rings is 2. The van der Waals surface area contributed by atoms with Crippen molar-refractivity contribution in [1.29, 1.82) is 0 Å². The van der Waals surface area contributed by atoms with Crippen LogP contribution in [0.25, 0.3) is 0 Å². The maximum atomic E-state index is 9.75. The number of allylic oxidation sites excluding steroid dienone is 1. The fourth-order valence-corrected chi connectivity index (χ4v) is 3.21. The number of phenolic OH excluding ortho intramolecular Hbond substituents is 1. The van der Waals surface area contributed by atoms with E-state index in [4.69, 9.17) is 4.74 Å². The topological polar surface area (TPSA) is 59.3 Å². The van der Waals surface area contributed by atoms with E-state index in [2.05, 4.69) is 33.6 Å². The van der Waals surface area contributed by atoms with Gasteiger partial charge in [0.1, 0.15) is 11.5 Å². The van der Waals surface area contributed by atoms with Crippen LogP contribution in [0.15, 0.2) is 85.3 Å². The highest BCUT2D eigenvalue weighted by Gasteiger charge is 2.17. The molecule has 0 saturated carbocycles. The van der Waals surface area contributed by atoms with Gasteiger partial charge in [-0.15, -0.1) is 0 Å². The van der Waals surface area contributed by atoms with Crippen LogP contribution in [0.2, 0.25) is 0 Å². The quantitative estimate of drug-likeness (QED) is 0.704. The van der Waals surface area contributed by atoms with Gasteiger partial charge in [-0.25, -0.2) is 4.98 Å². The smallest absolute Gasteiger partial charge is 0.189 e. The van der Waals surface area contributed by atoms with Crippen LogP contribution >= 0.6 is 0 Å². The summed E-state index contributed by atoms with van der Waals surface area (Å²) in [7, 11) is 0. The molecule has 0 atom stereocenters. The summed E-state index contributed by atoms with van der Waals surface area (Å²) < 4.78 is 7.75. The fraction of sp³-hybridized carbons (Fsp3) is 0.136. The zero-order chi connectivity index (χ0) is 18.6. The van der Waals surface area contributed by atoms with Gasteiger partial charge >= 0.3 is 0 Å². The minimum atomic E-state index is 0.265. The van der Waals surface area contributed by atoms with Crippen LogP contribution in [-0.4, -0.2) is 14.7 Å². The lowest BCUT2D eigenvalue weighted by Gasteiger charge is -2.11. The standard InChI is InChI=1S/C22H21N3O2/c1-16-23-13-20(27-16)12-22-21(11-17-6-3-2-4-7-17)24-15-25(22)14-18-8-5-9-19(26)10-18/h2-10,13,15,23,26H,1,11-12,14H2. The van der Waals surface area contributed by atoms with Gasteiger partial charge in [-0.3, -0.25) is 0 Å². The number of aromatic hydroxyl groups is 1. The Morgan fingerprint density at radius 2 is 1.85 bits per heavy atom. The highest BCUT2D eigenvalue weighted by Crippen LogP contribution is 2.22. The van der Waals surface area contributed by atoms with Crippen molar-refractivity contribution >= 4 is 0 Å². The molecule has 0 amide bonds. The summed E-state index contributed by atoms with van der Waals surface area (Å²) in [5, 5.41) is 12.7. The van der Waals surface area contributed by atoms with Gasteiger partial charge in [-0.2, -0.15) is 0 Å². The molecule has 0 radical (unpaired) electrons. The third-order valence-electron chi connectivity index (χ3n) is 4.50. The number of nitrogens with one attached hydrogen (secondary N) is 1. The fourth-order valence-electron chi connectivity index (χ4n) is 3.21. The van der Waals surface area contributed by atoms with E-state index in [1.165, 1.54) is 5.56 Å². The van der Waals surface area contributed by atoms with Crippen molar-refractivity contribution in [2.24, 2.45) is 0 Å². The first-order chi connectivity index (χ1) is 13.2. The summed E-state index contributed by atoms with van der Waals surface area (Å²) in [5.74, 6) is 1.61. The second kappa shape index (κ2) is 7.41. The molecule has 5 heteroatoms. The van der Waals surface area contributed by atoms with Crippen molar-refractivity contribution in [3.05, 3.63) is 108 Å². The van der Waals surface area contributed by atoms with E-state index >= 15 is 0 Å². The Morgan fingerprint density at radius 1 is 1.04 bits per heavy atom. The van der Waals surface area contributed by atoms with Crippen LogP contribution in [0.3, 0.4) is 0 Å². The minimum Gasteiger partial charge on any atom is -0.508 e. The molecule has 2 heterocycles. The van der Waals surface area contributed by atoms with Crippen molar-refractivity contribution in [2.45, 2.75) is 19.4 Å². The number of aromatic nitrogens is 2. The highest BCUT2D eigenvalue weighted by molar-refractivity contribution is 5.31. The molecule has 1 aliphatic rings. The van der Waals surface area contributed by atoms with Crippen LogP contribution in [0.4, 0.5) is 0 Å². The molecule has 0 saturated heterocycles. The number of rotatable bonds is 6. The number of nitrogens with zero attached hydrogens (tertiary/aromatic N) is 2. The summed E-state index contributed by atoms with van der Waals surface area (Å²) in [6.45, 7) is 4.42. The maximum Gasteiger partial charge on any atom is 0.189 e. The van der Waals surface area contributed by atoms with E-state index < -0.39 is 0 Å². The largest absolute Gasteiger partial charge is 0.508 e. The molecule has 4 rings (SSSR count). The molecule has 5 nitrogen and oxygen atoms in total. The van der Waals surface area contributed by atoms with E-state index in [-0.39, 0.29) is 5.75 Å². The van der Waals surface area contributed by atoms with E-state index in [9.17, 15) is 5.11 Å². The average Bonchev–Trinajstić information content (AvgIpc) is 3.23. The molecule has 136 valence electrons. The second-order valence-corrected chi connectivity index (χ2v) is 6.56. The first-order valence-corrected chi connectivity index (χ1v) is 8.84. The Balaban J connectivity index is 1.64. The lowest BCUT2D eigenvalue weighted by molar-refractivity contribution is 0.308. The maximum absolute atomic E-state index is 9.75. The predicted molar refractivity (Wildman–Crippen MR) is 104 cm³/mol. The summed E-state index contributed by atoms with van der Waals surface area (Å²) in [5.41, 5.74) is 4.34. The Bertz CT molecular complexity index is 990. The summed E-state index contributed by atoms with van der Waals surface area (Å²) >= 11 is 0. The Kier molecular flexibility index (Phi) is 4.66. The zero-order valence-corrected chi connectivity index (χ0v) is 14.9. The second-order valence-electron chi connectivity index (χ2n) is 6.56. The molecule has 0 spiro atoms. The average molecular weight is 359 g/mol. The SMILES string of the molecule is C=C1NC=C(Cc2c(Cc3ccccc3)ncn2Cc2cccc(O)c2)O1. The first-order valence-electron chi connectivity index (χ1n) is 8.84. The lowest BCUT2D eigenvalue weighted by Crippen LogP contribution is -2.07. The van der Waals surface area contributed by atoms with Crippen LogP contribution in [0, 0.1) is 0 Å². The van der Waals surface area contributed by atoms with Crippen LogP contribution in [0.1, 0.15) is 22.5 Å². The van der Waals surface area contributed by atoms with Crippen molar-refractivity contribution in [3.8, 4) is 5.75 Å². The van der Waals surface area contributed by atoms with Gasteiger partial charge in [-0.05, 0) is 29.8 Å². The van der Waals surface area contributed by atoms with E-state index in [0.717, 1.165) is 29.1 Å². The molecule has 0 unspecified atom stereocenters. The Morgan fingerprint density at radius 3 is 2.59 bits per heavy atom. The third kappa shape index (κ3) is 4.03. The van der Waals surface area contributed by atoms with Crippen LogP contribution < -0.4 is 5.32 Å². The summed E-state index contributed by atoms with van der Waals surface area (Å²) in [6, 6.07) is 17.6. The van der Waals surface area contributed by atoms with E-state index in [1.807, 2.05) is 42.9 Å². The molecule has 0 bridgehead atoms. The normalized spacial score (nSPS) is 13.2. The van der Waals surface area contributed by atoms with Gasteiger partial charge in [0.2, 0.25) is 0 Å². The third-order valence-corrected chi connectivity index (χ3v) is 4.50. The molecular weight excluding hydrogens is 338 g/mol. The number of imidazole rings is 1. The van der Waals surface area contributed by atoms with Crippen LogP contribution in [-0.2, 0) is 24.1 Å². The van der Waals surface area contributed by atoms with Gasteiger partial charge in [0.25, 0.3) is 0 Å². The molecule has 3 aromatic rings. The molecule has 27 heavy (non-hydrogen) atoms. The molecule has 1 aromatic heterocycles. The number of ether oxygens (including phenoxy) is 1.